The van der Waals surface area contributed by atoms with Crippen molar-refractivity contribution in [2.45, 2.75) is 24.8 Å². The van der Waals surface area contributed by atoms with Gasteiger partial charge in [-0.1, -0.05) is 0 Å². The van der Waals surface area contributed by atoms with E-state index in [4.69, 9.17) is 0 Å². The van der Waals surface area contributed by atoms with Gasteiger partial charge in [-0.3, -0.25) is 0 Å². The fourth-order valence-electron chi connectivity index (χ4n) is 1.40. The molecular formula is C10H14BrNOS. The summed E-state index contributed by atoms with van der Waals surface area (Å²) in [6.45, 7) is 1.13. The van der Waals surface area contributed by atoms with Crippen molar-refractivity contribution < 1.29 is 5.11 Å². The third-order valence-electron chi connectivity index (χ3n) is 2.45. The van der Waals surface area contributed by atoms with E-state index in [0.29, 0.717) is 6.04 Å². The van der Waals surface area contributed by atoms with Gasteiger partial charge in [0.15, 0.2) is 0 Å². The highest BCUT2D eigenvalue weighted by Gasteiger charge is 2.22. The second kappa shape index (κ2) is 4.75. The van der Waals surface area contributed by atoms with E-state index in [1.165, 1.54) is 17.7 Å². The van der Waals surface area contributed by atoms with Gasteiger partial charge in [0.2, 0.25) is 0 Å². The molecule has 1 unspecified atom stereocenters. The third-order valence-corrected chi connectivity index (χ3v) is 4.23. The van der Waals surface area contributed by atoms with Gasteiger partial charge < -0.3 is 10.4 Å². The average molecular weight is 276 g/mol. The summed E-state index contributed by atoms with van der Waals surface area (Å²) in [7, 11) is 0. The summed E-state index contributed by atoms with van der Waals surface area (Å²) in [5, 5.41) is 12.7. The van der Waals surface area contributed by atoms with Gasteiger partial charge in [0.1, 0.15) is 0 Å². The van der Waals surface area contributed by atoms with Crippen LogP contribution >= 0.6 is 27.3 Å². The first-order chi connectivity index (χ1) is 6.79. The van der Waals surface area contributed by atoms with E-state index in [1.807, 2.05) is 6.07 Å². The molecule has 0 radical (unpaired) electrons. The normalized spacial score (nSPS) is 18.4. The minimum absolute atomic E-state index is 0.229. The Morgan fingerprint density at radius 1 is 1.57 bits per heavy atom. The predicted octanol–water partition coefficient (Wildman–Crippen LogP) is 2.34. The van der Waals surface area contributed by atoms with Crippen LogP contribution in [0.15, 0.2) is 15.9 Å². The standard InChI is InChI=1S/C10H14BrNOS/c11-10-4-3-9(14-10)7(6-13)5-12-8-1-2-8/h3-4,7-8,12-13H,1-2,5-6H2. The molecule has 1 aliphatic carbocycles. The third kappa shape index (κ3) is 2.79. The van der Waals surface area contributed by atoms with Crippen LogP contribution < -0.4 is 5.32 Å². The summed E-state index contributed by atoms with van der Waals surface area (Å²) in [5.74, 6) is 0.256. The van der Waals surface area contributed by atoms with E-state index >= 15 is 0 Å². The zero-order chi connectivity index (χ0) is 9.97. The number of nitrogens with one attached hydrogen (secondary N) is 1. The molecule has 1 heterocycles. The minimum Gasteiger partial charge on any atom is -0.396 e. The highest BCUT2D eigenvalue weighted by molar-refractivity contribution is 9.11. The molecule has 0 aromatic carbocycles. The molecule has 2 N–H and O–H groups in total. The molecule has 1 atom stereocenters. The molecule has 1 fully saturated rings. The number of aliphatic hydroxyl groups excluding tert-OH is 1. The van der Waals surface area contributed by atoms with Gasteiger partial charge in [0.05, 0.1) is 10.4 Å². The second-order valence-electron chi connectivity index (χ2n) is 3.70. The van der Waals surface area contributed by atoms with E-state index in [-0.39, 0.29) is 12.5 Å². The number of thiophene rings is 1. The molecule has 0 saturated heterocycles. The van der Waals surface area contributed by atoms with Crippen molar-refractivity contribution in [1.82, 2.24) is 5.32 Å². The van der Waals surface area contributed by atoms with Crippen molar-refractivity contribution in [3.05, 3.63) is 20.8 Å². The van der Waals surface area contributed by atoms with E-state index in [9.17, 15) is 5.11 Å². The predicted molar refractivity (Wildman–Crippen MR) is 62.9 cm³/mol. The zero-order valence-corrected chi connectivity index (χ0v) is 10.3. The summed E-state index contributed by atoms with van der Waals surface area (Å²) >= 11 is 5.15. The molecule has 1 aliphatic rings. The quantitative estimate of drug-likeness (QED) is 0.865. The zero-order valence-electron chi connectivity index (χ0n) is 7.87. The Balaban J connectivity index is 1.90. The Bertz CT molecular complexity index is 298. The lowest BCUT2D eigenvalue weighted by Gasteiger charge is -2.12. The lowest BCUT2D eigenvalue weighted by atomic mass is 10.1. The second-order valence-corrected chi connectivity index (χ2v) is 6.20. The number of halogens is 1. The van der Waals surface area contributed by atoms with E-state index in [2.05, 4.69) is 27.3 Å². The monoisotopic (exact) mass is 275 g/mol. The number of hydrogen-bond acceptors (Lipinski definition) is 3. The van der Waals surface area contributed by atoms with Gasteiger partial charge >= 0.3 is 0 Å². The Labute approximate surface area is 96.5 Å². The van der Waals surface area contributed by atoms with Crippen LogP contribution in [0.5, 0.6) is 0 Å². The molecule has 1 saturated carbocycles. The lowest BCUT2D eigenvalue weighted by molar-refractivity contribution is 0.263. The molecule has 78 valence electrons. The molecule has 14 heavy (non-hydrogen) atoms. The van der Waals surface area contributed by atoms with Crippen LogP contribution in [0.2, 0.25) is 0 Å². The maximum atomic E-state index is 9.27. The molecule has 4 heteroatoms. The summed E-state index contributed by atoms with van der Waals surface area (Å²) in [6.07, 6.45) is 2.60. The number of hydrogen-bond donors (Lipinski definition) is 2. The smallest absolute Gasteiger partial charge is 0.0701 e. The van der Waals surface area contributed by atoms with E-state index in [0.717, 1.165) is 10.3 Å². The maximum absolute atomic E-state index is 9.27. The Morgan fingerprint density at radius 3 is 2.86 bits per heavy atom. The van der Waals surface area contributed by atoms with Gasteiger partial charge in [-0.2, -0.15) is 0 Å². The van der Waals surface area contributed by atoms with E-state index < -0.39 is 0 Å². The highest BCUT2D eigenvalue weighted by Crippen LogP contribution is 2.29. The van der Waals surface area contributed by atoms with Gasteiger partial charge in [-0.05, 0) is 40.9 Å². The molecule has 2 nitrogen and oxygen atoms in total. The van der Waals surface area contributed by atoms with Crippen molar-refractivity contribution in [3.63, 3.8) is 0 Å². The first-order valence-electron chi connectivity index (χ1n) is 4.89. The Morgan fingerprint density at radius 2 is 2.36 bits per heavy atom. The molecule has 0 amide bonds. The number of aliphatic hydroxyl groups is 1. The largest absolute Gasteiger partial charge is 0.396 e. The first kappa shape index (κ1) is 10.6. The van der Waals surface area contributed by atoms with Crippen molar-refractivity contribution in [2.75, 3.05) is 13.2 Å². The van der Waals surface area contributed by atoms with Crippen LogP contribution in [-0.4, -0.2) is 24.3 Å². The fourth-order valence-corrected chi connectivity index (χ4v) is 2.91. The van der Waals surface area contributed by atoms with Crippen molar-refractivity contribution in [3.8, 4) is 0 Å². The summed E-state index contributed by atoms with van der Waals surface area (Å²) < 4.78 is 1.14. The van der Waals surface area contributed by atoms with Gasteiger partial charge in [-0.15, -0.1) is 11.3 Å². The van der Waals surface area contributed by atoms with Crippen LogP contribution in [0.1, 0.15) is 23.6 Å². The van der Waals surface area contributed by atoms with Crippen molar-refractivity contribution in [1.29, 1.82) is 0 Å². The average Bonchev–Trinajstić information content (AvgIpc) is 2.90. The van der Waals surface area contributed by atoms with Crippen molar-refractivity contribution in [2.24, 2.45) is 0 Å². The number of rotatable bonds is 5. The topological polar surface area (TPSA) is 32.3 Å². The highest BCUT2D eigenvalue weighted by atomic mass is 79.9. The van der Waals surface area contributed by atoms with Crippen LogP contribution in [0.4, 0.5) is 0 Å². The molecule has 1 aromatic rings. The lowest BCUT2D eigenvalue weighted by Crippen LogP contribution is -2.24. The molecule has 2 rings (SSSR count). The first-order valence-corrected chi connectivity index (χ1v) is 6.50. The maximum Gasteiger partial charge on any atom is 0.0701 e. The Hall–Kier alpha value is 0.1000. The van der Waals surface area contributed by atoms with Crippen LogP contribution in [0.3, 0.4) is 0 Å². The van der Waals surface area contributed by atoms with Crippen LogP contribution in [0.25, 0.3) is 0 Å². The summed E-state index contributed by atoms with van der Waals surface area (Å²) in [4.78, 5) is 1.26. The fraction of sp³-hybridized carbons (Fsp3) is 0.600. The van der Waals surface area contributed by atoms with Crippen LogP contribution in [0, 0.1) is 0 Å². The molecule has 0 spiro atoms. The molecular weight excluding hydrogens is 262 g/mol. The Kier molecular flexibility index (Phi) is 3.60. The molecule has 0 aliphatic heterocycles. The van der Waals surface area contributed by atoms with Gasteiger partial charge in [0.25, 0.3) is 0 Å². The van der Waals surface area contributed by atoms with Crippen LogP contribution in [-0.2, 0) is 0 Å². The van der Waals surface area contributed by atoms with E-state index in [1.54, 1.807) is 11.3 Å². The van der Waals surface area contributed by atoms with Gasteiger partial charge in [0, 0.05) is 23.4 Å². The summed E-state index contributed by atoms with van der Waals surface area (Å²) in [5.41, 5.74) is 0. The SMILES string of the molecule is OCC(CNC1CC1)c1ccc(Br)s1. The van der Waals surface area contributed by atoms with Gasteiger partial charge in [-0.25, -0.2) is 0 Å². The minimum atomic E-state index is 0.229. The molecule has 1 aromatic heterocycles. The van der Waals surface area contributed by atoms with Crippen molar-refractivity contribution >= 4 is 27.3 Å². The molecule has 0 bridgehead atoms. The summed E-state index contributed by atoms with van der Waals surface area (Å²) in [6, 6.07) is 4.84.